The third-order valence-corrected chi connectivity index (χ3v) is 11.2. The first-order valence-corrected chi connectivity index (χ1v) is 15.5. The lowest BCUT2D eigenvalue weighted by Gasteiger charge is -2.56. The van der Waals surface area contributed by atoms with Gasteiger partial charge < -0.3 is 9.80 Å². The van der Waals surface area contributed by atoms with Crippen LogP contribution >= 0.6 is 0 Å². The number of rotatable bonds is 6. The highest BCUT2D eigenvalue weighted by molar-refractivity contribution is 5.56. The van der Waals surface area contributed by atoms with Gasteiger partial charge in [0.05, 0.1) is 6.57 Å². The maximum Gasteiger partial charge on any atom is 0.187 e. The first-order chi connectivity index (χ1) is 18.7. The summed E-state index contributed by atoms with van der Waals surface area (Å²) in [7, 11) is 0. The highest BCUT2D eigenvalue weighted by Crippen LogP contribution is 2.54. The highest BCUT2D eigenvalue weighted by atomic mass is 15.2. The molecule has 0 spiro atoms. The first kappa shape index (κ1) is 24.7. The maximum absolute atomic E-state index is 7.18. The standard InChI is InChI=1S/C34H44N4/c1-35-30-13-15-32(16-14-30)37-22-26(23-37)21-36-19-17-29(18-20-36)34(28-8-3-4-9-28)25-38(31-10-6-11-31)24-27-7-2-5-12-33(27)34/h2,5,7,12-16,26,28-29,31H,3-4,6,8-11,17-25H2. The lowest BCUT2D eigenvalue weighted by Crippen LogP contribution is -2.59. The average molecular weight is 509 g/mol. The van der Waals surface area contributed by atoms with Gasteiger partial charge in [-0.3, -0.25) is 4.90 Å². The van der Waals surface area contributed by atoms with Crippen LogP contribution < -0.4 is 4.90 Å². The second kappa shape index (κ2) is 10.3. The molecule has 3 heterocycles. The molecule has 7 rings (SSSR count). The van der Waals surface area contributed by atoms with Crippen molar-refractivity contribution < 1.29 is 0 Å². The molecule has 0 amide bonds. The molecule has 2 aliphatic carbocycles. The monoisotopic (exact) mass is 508 g/mol. The molecular weight excluding hydrogens is 464 g/mol. The second-order valence-corrected chi connectivity index (χ2v) is 13.1. The van der Waals surface area contributed by atoms with E-state index in [0.717, 1.165) is 42.6 Å². The molecule has 200 valence electrons. The van der Waals surface area contributed by atoms with E-state index in [1.54, 1.807) is 11.1 Å². The molecule has 2 aromatic rings. The molecular formula is C34H44N4. The number of fused-ring (bicyclic) bond motifs is 1. The summed E-state index contributed by atoms with van der Waals surface area (Å²) in [5.41, 5.74) is 5.79. The van der Waals surface area contributed by atoms with Crippen molar-refractivity contribution in [3.63, 3.8) is 0 Å². The topological polar surface area (TPSA) is 14.1 Å². The number of hydrogen-bond donors (Lipinski definition) is 0. The Morgan fingerprint density at radius 3 is 2.21 bits per heavy atom. The van der Waals surface area contributed by atoms with Crippen LogP contribution in [0.1, 0.15) is 68.9 Å². The summed E-state index contributed by atoms with van der Waals surface area (Å²) in [6, 6.07) is 18.6. The van der Waals surface area contributed by atoms with Crippen LogP contribution in [0.5, 0.6) is 0 Å². The van der Waals surface area contributed by atoms with Crippen molar-refractivity contribution in [3.05, 3.63) is 71.1 Å². The summed E-state index contributed by atoms with van der Waals surface area (Å²) in [4.78, 5) is 11.7. The third kappa shape index (κ3) is 4.37. The van der Waals surface area contributed by atoms with Crippen LogP contribution in [0.4, 0.5) is 11.4 Å². The Morgan fingerprint density at radius 1 is 0.816 bits per heavy atom. The fraction of sp³-hybridized carbons (Fsp3) is 0.618. The number of nitrogens with zero attached hydrogens (tertiary/aromatic N) is 4. The first-order valence-electron chi connectivity index (χ1n) is 15.5. The van der Waals surface area contributed by atoms with Gasteiger partial charge >= 0.3 is 0 Å². The van der Waals surface area contributed by atoms with E-state index in [0.29, 0.717) is 5.41 Å². The zero-order valence-electron chi connectivity index (χ0n) is 23.0. The number of benzene rings is 2. The molecule has 4 nitrogen and oxygen atoms in total. The predicted molar refractivity (Wildman–Crippen MR) is 156 cm³/mol. The molecule has 0 radical (unpaired) electrons. The summed E-state index contributed by atoms with van der Waals surface area (Å²) >= 11 is 0. The predicted octanol–water partition coefficient (Wildman–Crippen LogP) is 6.88. The summed E-state index contributed by atoms with van der Waals surface area (Å²) in [6.07, 6.45) is 12.8. The Bertz CT molecular complexity index is 1140. The average Bonchev–Trinajstić information content (AvgIpc) is 3.45. The van der Waals surface area contributed by atoms with E-state index in [9.17, 15) is 0 Å². The van der Waals surface area contributed by atoms with Gasteiger partial charge in [-0.25, -0.2) is 4.85 Å². The molecule has 0 N–H and O–H groups in total. The number of anilines is 1. The molecule has 2 saturated heterocycles. The van der Waals surface area contributed by atoms with Gasteiger partial charge in [-0.05, 0) is 86.7 Å². The van der Waals surface area contributed by atoms with Gasteiger partial charge in [-0.15, -0.1) is 0 Å². The molecule has 38 heavy (non-hydrogen) atoms. The van der Waals surface area contributed by atoms with Crippen LogP contribution in [0.2, 0.25) is 0 Å². The van der Waals surface area contributed by atoms with Crippen molar-refractivity contribution in [2.75, 3.05) is 44.2 Å². The maximum atomic E-state index is 7.18. The van der Waals surface area contributed by atoms with E-state index >= 15 is 0 Å². The zero-order valence-corrected chi connectivity index (χ0v) is 23.0. The van der Waals surface area contributed by atoms with E-state index in [1.807, 2.05) is 12.1 Å². The largest absolute Gasteiger partial charge is 0.371 e. The Morgan fingerprint density at radius 2 is 1.53 bits per heavy atom. The molecule has 4 heteroatoms. The van der Waals surface area contributed by atoms with Gasteiger partial charge in [-0.2, -0.15) is 0 Å². The van der Waals surface area contributed by atoms with Gasteiger partial charge in [0, 0.05) is 55.8 Å². The van der Waals surface area contributed by atoms with E-state index in [-0.39, 0.29) is 0 Å². The Labute approximate surface area is 229 Å². The van der Waals surface area contributed by atoms with Crippen LogP contribution in [-0.2, 0) is 12.0 Å². The van der Waals surface area contributed by atoms with Gasteiger partial charge in [0.2, 0.25) is 0 Å². The number of likely N-dealkylation sites (tertiary alicyclic amines) is 1. The van der Waals surface area contributed by atoms with Crippen LogP contribution in [0.15, 0.2) is 48.5 Å². The summed E-state index contributed by atoms with van der Waals surface area (Å²) in [5.74, 6) is 2.47. The van der Waals surface area contributed by atoms with Crippen molar-refractivity contribution in [2.24, 2.45) is 17.8 Å². The normalized spacial score (nSPS) is 28.0. The summed E-state index contributed by atoms with van der Waals surface area (Å²) in [6.45, 7) is 15.8. The molecule has 0 aromatic heterocycles. The summed E-state index contributed by atoms with van der Waals surface area (Å²) in [5, 5.41) is 0. The van der Waals surface area contributed by atoms with Crippen molar-refractivity contribution in [1.29, 1.82) is 0 Å². The SMILES string of the molecule is [C-]#[N+]c1ccc(N2CC(CN3CCC(C4(C5CCCC5)CN(C5CCC5)Cc5ccccc54)CC3)C2)cc1. The fourth-order valence-corrected chi connectivity index (χ4v) is 8.92. The van der Waals surface area contributed by atoms with Crippen LogP contribution in [0.3, 0.4) is 0 Å². The molecule has 3 aliphatic heterocycles. The Balaban J connectivity index is 1.03. The quantitative estimate of drug-likeness (QED) is 0.395. The smallest absolute Gasteiger partial charge is 0.187 e. The molecule has 1 atom stereocenters. The lowest BCUT2D eigenvalue weighted by atomic mass is 9.56. The van der Waals surface area contributed by atoms with E-state index in [4.69, 9.17) is 6.57 Å². The van der Waals surface area contributed by atoms with Gasteiger partial charge in [0.1, 0.15) is 0 Å². The highest BCUT2D eigenvalue weighted by Gasteiger charge is 2.52. The minimum atomic E-state index is 0.373. The number of piperidine rings is 1. The molecule has 0 bridgehead atoms. The zero-order chi connectivity index (χ0) is 25.5. The van der Waals surface area contributed by atoms with Gasteiger partial charge in [-0.1, -0.05) is 55.7 Å². The van der Waals surface area contributed by atoms with Crippen LogP contribution in [0.25, 0.3) is 4.85 Å². The van der Waals surface area contributed by atoms with E-state index in [1.165, 1.54) is 96.2 Å². The van der Waals surface area contributed by atoms with Crippen molar-refractivity contribution in [3.8, 4) is 0 Å². The van der Waals surface area contributed by atoms with Gasteiger partial charge in [0.25, 0.3) is 0 Å². The number of hydrogen-bond acceptors (Lipinski definition) is 3. The van der Waals surface area contributed by atoms with Crippen molar-refractivity contribution in [2.45, 2.75) is 75.8 Å². The second-order valence-electron chi connectivity index (χ2n) is 13.1. The fourth-order valence-electron chi connectivity index (χ4n) is 8.92. The van der Waals surface area contributed by atoms with E-state index < -0.39 is 0 Å². The Hall–Kier alpha value is -2.35. The minimum absolute atomic E-state index is 0.373. The van der Waals surface area contributed by atoms with E-state index in [2.05, 4.69) is 55.9 Å². The molecule has 5 aliphatic rings. The van der Waals surface area contributed by atoms with Crippen LogP contribution in [0, 0.1) is 24.3 Å². The molecule has 2 saturated carbocycles. The third-order valence-electron chi connectivity index (χ3n) is 11.2. The molecule has 1 unspecified atom stereocenters. The molecule has 4 fully saturated rings. The van der Waals surface area contributed by atoms with Gasteiger partial charge in [0.15, 0.2) is 5.69 Å². The molecule has 2 aromatic carbocycles. The summed E-state index contributed by atoms with van der Waals surface area (Å²) < 4.78 is 0. The van der Waals surface area contributed by atoms with Crippen molar-refractivity contribution >= 4 is 11.4 Å². The minimum Gasteiger partial charge on any atom is -0.371 e. The van der Waals surface area contributed by atoms with Crippen molar-refractivity contribution in [1.82, 2.24) is 9.80 Å². The Kier molecular flexibility index (Phi) is 6.70. The van der Waals surface area contributed by atoms with Crippen LogP contribution in [-0.4, -0.2) is 55.1 Å². The lowest BCUT2D eigenvalue weighted by molar-refractivity contribution is 0.00348.